The van der Waals surface area contributed by atoms with Crippen LogP contribution in [0.4, 0.5) is 5.69 Å². The molecule has 0 aromatic heterocycles. The highest BCUT2D eigenvalue weighted by atomic mass is 16.5. The van der Waals surface area contributed by atoms with Crippen LogP contribution in [-0.4, -0.2) is 13.0 Å². The van der Waals surface area contributed by atoms with Gasteiger partial charge < -0.3 is 15.8 Å². The van der Waals surface area contributed by atoms with Crippen LogP contribution in [0.2, 0.25) is 0 Å². The van der Waals surface area contributed by atoms with E-state index < -0.39 is 5.91 Å². The monoisotopic (exact) mass is 284 g/mol. The van der Waals surface area contributed by atoms with Crippen LogP contribution in [0.1, 0.15) is 27.0 Å². The maximum absolute atomic E-state index is 11.1. The summed E-state index contributed by atoms with van der Waals surface area (Å²) in [4.78, 5) is 11.1. The Balaban J connectivity index is 2.09. The summed E-state index contributed by atoms with van der Waals surface area (Å²) in [5, 5.41) is 3.37. The summed E-state index contributed by atoms with van der Waals surface area (Å²) in [5.41, 5.74) is 10.1. The van der Waals surface area contributed by atoms with E-state index in [9.17, 15) is 4.79 Å². The highest BCUT2D eigenvalue weighted by Gasteiger charge is 2.05. The lowest BCUT2D eigenvalue weighted by Crippen LogP contribution is -2.11. The van der Waals surface area contributed by atoms with Gasteiger partial charge in [-0.05, 0) is 60.9 Å². The number of hydrogen-bond donors (Lipinski definition) is 2. The number of methoxy groups -OCH3 is 1. The maximum atomic E-state index is 11.1. The predicted molar refractivity (Wildman–Crippen MR) is 84.8 cm³/mol. The summed E-state index contributed by atoms with van der Waals surface area (Å²) in [6, 6.07) is 11.5. The van der Waals surface area contributed by atoms with Crippen molar-refractivity contribution in [2.45, 2.75) is 20.4 Å². The molecule has 0 bridgehead atoms. The second kappa shape index (κ2) is 6.31. The Hall–Kier alpha value is -2.49. The molecule has 4 nitrogen and oxygen atoms in total. The van der Waals surface area contributed by atoms with Crippen molar-refractivity contribution in [1.29, 1.82) is 0 Å². The lowest BCUT2D eigenvalue weighted by atomic mass is 10.0. The fourth-order valence-corrected chi connectivity index (χ4v) is 2.23. The zero-order chi connectivity index (χ0) is 15.4. The second-order valence-corrected chi connectivity index (χ2v) is 5.04. The molecule has 2 aromatic rings. The number of anilines is 1. The number of nitrogens with one attached hydrogen (secondary N) is 1. The number of carbonyl (C=O) groups excluding carboxylic acids is 1. The van der Waals surface area contributed by atoms with Crippen molar-refractivity contribution in [2.75, 3.05) is 12.4 Å². The molecule has 0 spiro atoms. The molecular weight excluding hydrogens is 264 g/mol. The maximum Gasteiger partial charge on any atom is 0.248 e. The number of primary amides is 1. The van der Waals surface area contributed by atoms with Gasteiger partial charge in [0, 0.05) is 17.8 Å². The molecule has 3 N–H and O–H groups in total. The molecule has 1 amide bonds. The first kappa shape index (κ1) is 14.9. The SMILES string of the molecule is COc1ccc(NCc2ccc(C(N)=O)cc2C)cc1C. The molecule has 0 heterocycles. The molecule has 2 rings (SSSR count). The Morgan fingerprint density at radius 2 is 1.90 bits per heavy atom. The number of aryl methyl sites for hydroxylation is 2. The third-order valence-corrected chi connectivity index (χ3v) is 3.50. The average Bonchev–Trinajstić information content (AvgIpc) is 2.46. The van der Waals surface area contributed by atoms with Crippen molar-refractivity contribution in [2.24, 2.45) is 5.73 Å². The van der Waals surface area contributed by atoms with Crippen LogP contribution in [0.5, 0.6) is 5.75 Å². The van der Waals surface area contributed by atoms with Crippen molar-refractivity contribution in [3.63, 3.8) is 0 Å². The fourth-order valence-electron chi connectivity index (χ4n) is 2.23. The number of benzene rings is 2. The van der Waals surface area contributed by atoms with Crippen LogP contribution in [-0.2, 0) is 6.54 Å². The van der Waals surface area contributed by atoms with Crippen LogP contribution in [0.25, 0.3) is 0 Å². The number of rotatable bonds is 5. The first-order valence-electron chi connectivity index (χ1n) is 6.79. The predicted octanol–water partition coefficient (Wildman–Crippen LogP) is 3.02. The molecule has 0 saturated carbocycles. The van der Waals surface area contributed by atoms with Crippen molar-refractivity contribution >= 4 is 11.6 Å². The van der Waals surface area contributed by atoms with Gasteiger partial charge in [-0.3, -0.25) is 4.79 Å². The lowest BCUT2D eigenvalue weighted by Gasteiger charge is -2.12. The molecule has 4 heteroatoms. The van der Waals surface area contributed by atoms with Crippen LogP contribution < -0.4 is 15.8 Å². The van der Waals surface area contributed by atoms with Gasteiger partial charge in [-0.2, -0.15) is 0 Å². The summed E-state index contributed by atoms with van der Waals surface area (Å²) < 4.78 is 5.25. The number of nitrogens with two attached hydrogens (primary N) is 1. The lowest BCUT2D eigenvalue weighted by molar-refractivity contribution is 0.1000. The first-order chi connectivity index (χ1) is 10.0. The molecule has 0 unspecified atom stereocenters. The Morgan fingerprint density at radius 3 is 2.48 bits per heavy atom. The number of carbonyl (C=O) groups is 1. The number of amides is 1. The van der Waals surface area contributed by atoms with E-state index in [0.717, 1.165) is 28.1 Å². The smallest absolute Gasteiger partial charge is 0.248 e. The van der Waals surface area contributed by atoms with Gasteiger partial charge in [0.05, 0.1) is 7.11 Å². The molecule has 0 radical (unpaired) electrons. The quantitative estimate of drug-likeness (QED) is 0.887. The van der Waals surface area contributed by atoms with E-state index in [1.165, 1.54) is 0 Å². The van der Waals surface area contributed by atoms with Crippen LogP contribution in [0.15, 0.2) is 36.4 Å². The minimum absolute atomic E-state index is 0.400. The van der Waals surface area contributed by atoms with Gasteiger partial charge in [0.2, 0.25) is 5.91 Å². The van der Waals surface area contributed by atoms with E-state index in [2.05, 4.69) is 5.32 Å². The van der Waals surface area contributed by atoms with Crippen LogP contribution in [0, 0.1) is 13.8 Å². The van der Waals surface area contributed by atoms with Crippen molar-refractivity contribution in [1.82, 2.24) is 0 Å². The Bertz CT molecular complexity index is 666. The van der Waals surface area contributed by atoms with E-state index in [1.54, 1.807) is 13.2 Å². The normalized spacial score (nSPS) is 10.2. The van der Waals surface area contributed by atoms with Crippen LogP contribution in [0.3, 0.4) is 0 Å². The van der Waals surface area contributed by atoms with Gasteiger partial charge in [-0.1, -0.05) is 6.07 Å². The van der Waals surface area contributed by atoms with Gasteiger partial charge in [0.1, 0.15) is 5.75 Å². The van der Waals surface area contributed by atoms with E-state index in [-0.39, 0.29) is 0 Å². The molecule has 0 aliphatic heterocycles. The zero-order valence-corrected chi connectivity index (χ0v) is 12.6. The summed E-state index contributed by atoms with van der Waals surface area (Å²) in [6.45, 7) is 4.68. The highest BCUT2D eigenvalue weighted by molar-refractivity contribution is 5.93. The fraction of sp³-hybridized carbons (Fsp3) is 0.235. The molecular formula is C17H20N2O2. The number of hydrogen-bond acceptors (Lipinski definition) is 3. The van der Waals surface area contributed by atoms with Gasteiger partial charge in [0.15, 0.2) is 0 Å². The topological polar surface area (TPSA) is 64.3 Å². The van der Waals surface area contributed by atoms with Gasteiger partial charge in [-0.25, -0.2) is 0 Å². The third kappa shape index (κ3) is 3.54. The molecule has 110 valence electrons. The van der Waals surface area contributed by atoms with Crippen molar-refractivity contribution in [3.05, 3.63) is 58.7 Å². The van der Waals surface area contributed by atoms with Gasteiger partial charge in [0.25, 0.3) is 0 Å². The molecule has 0 fully saturated rings. The van der Waals surface area contributed by atoms with E-state index in [0.29, 0.717) is 12.1 Å². The first-order valence-corrected chi connectivity index (χ1v) is 6.79. The zero-order valence-electron chi connectivity index (χ0n) is 12.6. The average molecular weight is 284 g/mol. The summed E-state index contributed by atoms with van der Waals surface area (Å²) in [6.07, 6.45) is 0. The third-order valence-electron chi connectivity index (χ3n) is 3.50. The van der Waals surface area contributed by atoms with Gasteiger partial charge >= 0.3 is 0 Å². The summed E-state index contributed by atoms with van der Waals surface area (Å²) in [7, 11) is 1.67. The Labute approximate surface area is 124 Å². The second-order valence-electron chi connectivity index (χ2n) is 5.04. The van der Waals surface area contributed by atoms with E-state index in [4.69, 9.17) is 10.5 Å². The molecule has 0 saturated heterocycles. The van der Waals surface area contributed by atoms with Crippen LogP contribution >= 0.6 is 0 Å². The Morgan fingerprint density at radius 1 is 1.14 bits per heavy atom. The minimum Gasteiger partial charge on any atom is -0.496 e. The molecule has 2 aromatic carbocycles. The summed E-state index contributed by atoms with van der Waals surface area (Å²) in [5.74, 6) is 0.478. The molecule has 0 aliphatic rings. The van der Waals surface area contributed by atoms with Crippen molar-refractivity contribution < 1.29 is 9.53 Å². The number of ether oxygens (including phenoxy) is 1. The summed E-state index contributed by atoms with van der Waals surface area (Å²) >= 11 is 0. The van der Waals surface area contributed by atoms with Crippen molar-refractivity contribution in [3.8, 4) is 5.75 Å². The largest absolute Gasteiger partial charge is 0.496 e. The molecule has 0 atom stereocenters. The highest BCUT2D eigenvalue weighted by Crippen LogP contribution is 2.22. The minimum atomic E-state index is -0.400. The standard InChI is InChI=1S/C17H20N2O2/c1-11-8-13(17(18)20)4-5-14(11)10-19-15-6-7-16(21-3)12(2)9-15/h4-9,19H,10H2,1-3H3,(H2,18,20). The molecule has 21 heavy (non-hydrogen) atoms. The Kier molecular flexibility index (Phi) is 4.48. The molecule has 0 aliphatic carbocycles. The van der Waals surface area contributed by atoms with Gasteiger partial charge in [-0.15, -0.1) is 0 Å². The van der Waals surface area contributed by atoms with E-state index in [1.807, 2.05) is 44.2 Å². The van der Waals surface area contributed by atoms with E-state index >= 15 is 0 Å².